The molecule has 0 bridgehead atoms. The van der Waals surface area contributed by atoms with E-state index in [1.54, 1.807) is 55.6 Å². The maximum Gasteiger partial charge on any atom is 0.278 e. The number of Topliss-reactive ketones (excluding diaryl/α,β-unsaturated/α-hetero) is 1. The first-order chi connectivity index (χ1) is 19.5. The van der Waals surface area contributed by atoms with Gasteiger partial charge in [0.05, 0.1) is 19.2 Å². The highest BCUT2D eigenvalue weighted by atomic mass is 19.1. The summed E-state index contributed by atoms with van der Waals surface area (Å²) in [4.78, 5) is 29.7. The quantitative estimate of drug-likeness (QED) is 0.204. The highest BCUT2D eigenvalue weighted by Gasteiger charge is 2.24. The molecule has 1 fully saturated rings. The number of carbonyl (C=O) groups is 2. The summed E-state index contributed by atoms with van der Waals surface area (Å²) in [5.41, 5.74) is 1.58. The zero-order valence-corrected chi connectivity index (χ0v) is 22.8. The first-order valence-electron chi connectivity index (χ1n) is 13.6. The number of benzene rings is 3. The summed E-state index contributed by atoms with van der Waals surface area (Å²) < 4.78 is 26.8. The highest BCUT2D eigenvalue weighted by molar-refractivity contribution is 6.04. The van der Waals surface area contributed by atoms with Gasteiger partial charge in [-0.3, -0.25) is 14.5 Å². The van der Waals surface area contributed by atoms with Gasteiger partial charge in [0.25, 0.3) is 5.91 Å². The number of rotatable bonds is 10. The molecule has 1 aliphatic heterocycles. The van der Waals surface area contributed by atoms with E-state index in [0.29, 0.717) is 47.0 Å². The number of ether oxygens (including phenoxy) is 2. The molecule has 0 amide bonds. The van der Waals surface area contributed by atoms with Gasteiger partial charge in [-0.25, -0.2) is 4.39 Å². The lowest BCUT2D eigenvalue weighted by Crippen LogP contribution is -2.47. The topological polar surface area (TPSA) is 76.9 Å². The van der Waals surface area contributed by atoms with E-state index in [1.165, 1.54) is 16.8 Å². The number of carbonyl (C=O) groups excluding carboxylic acids is 2. The Labute approximate surface area is 232 Å². The molecule has 8 nitrogen and oxygen atoms in total. The van der Waals surface area contributed by atoms with Crippen molar-refractivity contribution in [3.05, 3.63) is 83.7 Å². The Morgan fingerprint density at radius 2 is 1.70 bits per heavy atom. The maximum atomic E-state index is 14.1. The highest BCUT2D eigenvalue weighted by Crippen LogP contribution is 2.30. The summed E-state index contributed by atoms with van der Waals surface area (Å²) in [5, 5.41) is 5.42. The molecule has 0 atom stereocenters. The minimum atomic E-state index is -0.406. The van der Waals surface area contributed by atoms with E-state index in [2.05, 4.69) is 14.9 Å². The molecule has 1 aliphatic rings. The summed E-state index contributed by atoms with van der Waals surface area (Å²) in [6, 6.07) is 18.7. The van der Waals surface area contributed by atoms with Gasteiger partial charge >= 0.3 is 0 Å². The third-order valence-corrected chi connectivity index (χ3v) is 7.19. The van der Waals surface area contributed by atoms with Crippen LogP contribution in [0.2, 0.25) is 0 Å². The predicted molar refractivity (Wildman–Crippen MR) is 152 cm³/mol. The Morgan fingerprint density at radius 1 is 0.925 bits per heavy atom. The van der Waals surface area contributed by atoms with E-state index < -0.39 is 5.82 Å². The molecule has 40 heavy (non-hydrogen) atoms. The Kier molecular flexibility index (Phi) is 8.40. The van der Waals surface area contributed by atoms with Crippen LogP contribution in [0.5, 0.6) is 11.5 Å². The van der Waals surface area contributed by atoms with Crippen LogP contribution < -0.4 is 14.4 Å². The average molecular weight is 545 g/mol. The third kappa shape index (κ3) is 5.84. The lowest BCUT2D eigenvalue weighted by atomic mass is 10.1. The second kappa shape index (κ2) is 12.3. The molecule has 0 saturated carbocycles. The van der Waals surface area contributed by atoms with Gasteiger partial charge in [-0.1, -0.05) is 25.1 Å². The summed E-state index contributed by atoms with van der Waals surface area (Å²) in [6.07, 6.45) is 1.28. The van der Waals surface area contributed by atoms with Crippen molar-refractivity contribution < 1.29 is 23.5 Å². The van der Waals surface area contributed by atoms with Gasteiger partial charge in [0.1, 0.15) is 5.82 Å². The van der Waals surface area contributed by atoms with Crippen molar-refractivity contribution in [2.24, 2.45) is 0 Å². The van der Waals surface area contributed by atoms with E-state index in [1.807, 2.05) is 13.0 Å². The monoisotopic (exact) mass is 544 g/mol. The van der Waals surface area contributed by atoms with Gasteiger partial charge < -0.3 is 14.4 Å². The van der Waals surface area contributed by atoms with Crippen molar-refractivity contribution >= 4 is 28.4 Å². The van der Waals surface area contributed by atoms with Gasteiger partial charge in [0.2, 0.25) is 0 Å². The van der Waals surface area contributed by atoms with Gasteiger partial charge in [-0.2, -0.15) is 4.68 Å². The molecule has 0 N–H and O–H groups in total. The van der Waals surface area contributed by atoms with Gasteiger partial charge in [-0.05, 0) is 48.9 Å². The molecule has 2 heterocycles. The van der Waals surface area contributed by atoms with Crippen LogP contribution in [0.25, 0.3) is 10.9 Å². The second-order valence-corrected chi connectivity index (χ2v) is 9.74. The number of ketones is 1. The SMILES string of the molecule is CCC(=O)c1ccc(OCCCN2CCN(c3nn(C(=O)c4ccccc4)c4cc(F)ccc34)CC2)c(OC)c1. The lowest BCUT2D eigenvalue weighted by molar-refractivity contribution is 0.0949. The van der Waals surface area contributed by atoms with E-state index in [4.69, 9.17) is 9.47 Å². The summed E-state index contributed by atoms with van der Waals surface area (Å²) >= 11 is 0. The van der Waals surface area contributed by atoms with Gasteiger partial charge in [0, 0.05) is 61.7 Å². The lowest BCUT2D eigenvalue weighted by Gasteiger charge is -2.35. The van der Waals surface area contributed by atoms with Crippen LogP contribution in [0.1, 0.15) is 40.5 Å². The fraction of sp³-hybridized carbons (Fsp3) is 0.323. The third-order valence-electron chi connectivity index (χ3n) is 7.19. The molecule has 9 heteroatoms. The average Bonchev–Trinajstić information content (AvgIpc) is 3.37. The zero-order valence-electron chi connectivity index (χ0n) is 22.8. The number of fused-ring (bicyclic) bond motifs is 1. The Balaban J connectivity index is 1.18. The predicted octanol–water partition coefficient (Wildman–Crippen LogP) is 5.06. The normalized spacial score (nSPS) is 13.9. The molecule has 5 rings (SSSR count). The van der Waals surface area contributed by atoms with Crippen molar-refractivity contribution in [1.82, 2.24) is 14.7 Å². The summed E-state index contributed by atoms with van der Waals surface area (Å²) in [7, 11) is 1.57. The largest absolute Gasteiger partial charge is 0.493 e. The number of piperazine rings is 1. The van der Waals surface area contributed by atoms with Crippen LogP contribution in [0.15, 0.2) is 66.7 Å². The fourth-order valence-electron chi connectivity index (χ4n) is 4.98. The van der Waals surface area contributed by atoms with Crippen LogP contribution in [-0.4, -0.2) is 72.8 Å². The van der Waals surface area contributed by atoms with Crippen molar-refractivity contribution in [3.63, 3.8) is 0 Å². The fourth-order valence-corrected chi connectivity index (χ4v) is 4.98. The van der Waals surface area contributed by atoms with Crippen molar-refractivity contribution in [3.8, 4) is 11.5 Å². The molecule has 1 aromatic heterocycles. The number of hydrogen-bond donors (Lipinski definition) is 0. The maximum absolute atomic E-state index is 14.1. The van der Waals surface area contributed by atoms with Crippen LogP contribution >= 0.6 is 0 Å². The first-order valence-corrected chi connectivity index (χ1v) is 13.6. The van der Waals surface area contributed by atoms with Crippen LogP contribution in [0.4, 0.5) is 10.2 Å². The summed E-state index contributed by atoms with van der Waals surface area (Å²) in [6.45, 7) is 6.38. The first kappa shape index (κ1) is 27.3. The molecule has 0 radical (unpaired) electrons. The minimum Gasteiger partial charge on any atom is -0.493 e. The van der Waals surface area contributed by atoms with E-state index in [9.17, 15) is 14.0 Å². The van der Waals surface area contributed by atoms with E-state index in [0.717, 1.165) is 44.5 Å². The van der Waals surface area contributed by atoms with Crippen molar-refractivity contribution in [2.45, 2.75) is 19.8 Å². The van der Waals surface area contributed by atoms with Crippen LogP contribution in [0, 0.1) is 5.82 Å². The second-order valence-electron chi connectivity index (χ2n) is 9.74. The van der Waals surface area contributed by atoms with Crippen LogP contribution in [-0.2, 0) is 0 Å². The van der Waals surface area contributed by atoms with Crippen molar-refractivity contribution in [2.75, 3.05) is 51.3 Å². The van der Waals surface area contributed by atoms with Gasteiger partial charge in [-0.15, -0.1) is 5.10 Å². The molecular formula is C31H33FN4O4. The number of nitrogens with zero attached hydrogens (tertiary/aromatic N) is 4. The Hall–Kier alpha value is -4.24. The van der Waals surface area contributed by atoms with Crippen LogP contribution in [0.3, 0.4) is 0 Å². The number of methoxy groups -OCH3 is 1. The molecule has 1 saturated heterocycles. The van der Waals surface area contributed by atoms with E-state index >= 15 is 0 Å². The molecule has 4 aromatic rings. The number of hydrogen-bond acceptors (Lipinski definition) is 7. The molecule has 0 aliphatic carbocycles. The van der Waals surface area contributed by atoms with Crippen molar-refractivity contribution in [1.29, 1.82) is 0 Å². The Bertz CT molecular complexity index is 1500. The van der Waals surface area contributed by atoms with Gasteiger partial charge in [0.15, 0.2) is 23.1 Å². The van der Waals surface area contributed by atoms with E-state index in [-0.39, 0.29) is 11.7 Å². The number of halogens is 1. The molecule has 208 valence electrons. The molecule has 3 aromatic carbocycles. The standard InChI is InChI=1S/C31H33FN4O4/c1-3-27(37)23-10-13-28(29(20-23)39-2)40-19-7-14-34-15-17-35(18-16-34)30-25-12-11-24(32)21-26(25)36(33-30)31(38)22-8-5-4-6-9-22/h4-6,8-13,20-21H,3,7,14-19H2,1-2H3. The number of aromatic nitrogens is 2. The summed E-state index contributed by atoms with van der Waals surface area (Å²) in [5.74, 6) is 1.26. The number of anilines is 1. The zero-order chi connectivity index (χ0) is 28.1. The minimum absolute atomic E-state index is 0.0683. The Morgan fingerprint density at radius 3 is 2.42 bits per heavy atom. The molecule has 0 unspecified atom stereocenters. The molecule has 0 spiro atoms. The smallest absolute Gasteiger partial charge is 0.278 e. The molecular weight excluding hydrogens is 511 g/mol.